The highest BCUT2D eigenvalue weighted by Gasteiger charge is 2.29. The molecule has 2 rings (SSSR count). The molecule has 1 aromatic carbocycles. The maximum Gasteiger partial charge on any atom is 0.149 e. The number of hydrogen-bond donors (Lipinski definition) is 1. The molecule has 0 spiro atoms. The molecule has 1 unspecified atom stereocenters. The molecule has 1 aromatic rings. The molecular weight excluding hydrogens is 232 g/mol. The molecule has 0 amide bonds. The number of hydrogen-bond acceptors (Lipinski definition) is 3. The van der Waals surface area contributed by atoms with Crippen LogP contribution >= 0.6 is 11.8 Å². The van der Waals surface area contributed by atoms with Crippen molar-refractivity contribution in [1.29, 1.82) is 0 Å². The van der Waals surface area contributed by atoms with Gasteiger partial charge in [-0.15, -0.1) is 0 Å². The Kier molecular flexibility index (Phi) is 3.57. The second kappa shape index (κ2) is 4.81. The van der Waals surface area contributed by atoms with Crippen molar-refractivity contribution in [2.45, 2.75) is 57.3 Å². The third kappa shape index (κ3) is 2.13. The monoisotopic (exact) mass is 252 g/mol. The van der Waals surface area contributed by atoms with Crippen LogP contribution < -0.4 is 4.74 Å². The third-order valence-corrected chi connectivity index (χ3v) is 4.77. The largest absolute Gasteiger partial charge is 0.507 e. The summed E-state index contributed by atoms with van der Waals surface area (Å²) < 4.78 is 6.01. The lowest BCUT2D eigenvalue weighted by Gasteiger charge is -2.12. The van der Waals surface area contributed by atoms with Crippen LogP contribution in [0.5, 0.6) is 11.5 Å². The molecule has 94 valence electrons. The summed E-state index contributed by atoms with van der Waals surface area (Å²) in [4.78, 5) is 1.13. The van der Waals surface area contributed by atoms with Crippen LogP contribution in [0, 0.1) is 20.8 Å². The second-order valence-corrected chi connectivity index (χ2v) is 5.86. The summed E-state index contributed by atoms with van der Waals surface area (Å²) >= 11 is 1.76. The Morgan fingerprint density at radius 3 is 2.53 bits per heavy atom. The minimum Gasteiger partial charge on any atom is -0.507 e. The lowest BCUT2D eigenvalue weighted by atomic mass is 10.0. The molecule has 1 atom stereocenters. The molecule has 1 aliphatic rings. The molecule has 0 bridgehead atoms. The van der Waals surface area contributed by atoms with E-state index in [0.29, 0.717) is 5.75 Å². The van der Waals surface area contributed by atoms with Gasteiger partial charge in [-0.2, -0.15) is 0 Å². The van der Waals surface area contributed by atoms with E-state index < -0.39 is 0 Å². The summed E-state index contributed by atoms with van der Waals surface area (Å²) in [5, 5.41) is 10.0. The Bertz CT molecular complexity index is 404. The predicted molar refractivity (Wildman–Crippen MR) is 72.1 cm³/mol. The zero-order valence-electron chi connectivity index (χ0n) is 11.0. The normalized spacial score (nSPS) is 18.0. The first-order valence-electron chi connectivity index (χ1n) is 6.22. The zero-order chi connectivity index (χ0) is 12.6. The molecule has 0 fully saturated rings. The Morgan fingerprint density at radius 2 is 1.88 bits per heavy atom. The van der Waals surface area contributed by atoms with Crippen molar-refractivity contribution in [3.63, 3.8) is 0 Å². The highest BCUT2D eigenvalue weighted by Crippen LogP contribution is 2.50. The van der Waals surface area contributed by atoms with Crippen molar-refractivity contribution >= 4 is 11.8 Å². The maximum absolute atomic E-state index is 10.0. The van der Waals surface area contributed by atoms with Crippen LogP contribution in [0.2, 0.25) is 0 Å². The number of phenols is 1. The minimum atomic E-state index is 0.226. The molecule has 0 aliphatic carbocycles. The number of rotatable bonds is 3. The number of phenolic OH excluding ortho intramolecular Hbond substituents is 1. The molecule has 2 nitrogen and oxygen atoms in total. The summed E-state index contributed by atoms with van der Waals surface area (Å²) in [5.74, 6) is 1.41. The van der Waals surface area contributed by atoms with E-state index in [0.717, 1.165) is 33.8 Å². The number of ether oxygens (including phenoxy) is 1. The molecule has 3 heteroatoms. The van der Waals surface area contributed by atoms with E-state index >= 15 is 0 Å². The second-order valence-electron chi connectivity index (χ2n) is 4.69. The first kappa shape index (κ1) is 12.6. The van der Waals surface area contributed by atoms with E-state index in [1.807, 2.05) is 20.8 Å². The highest BCUT2D eigenvalue weighted by molar-refractivity contribution is 8.00. The van der Waals surface area contributed by atoms with Gasteiger partial charge in [0.15, 0.2) is 0 Å². The number of fused-ring (bicyclic) bond motifs is 1. The van der Waals surface area contributed by atoms with E-state index in [4.69, 9.17) is 4.74 Å². The van der Waals surface area contributed by atoms with Gasteiger partial charge in [-0.25, -0.2) is 0 Å². The average molecular weight is 252 g/mol. The summed E-state index contributed by atoms with van der Waals surface area (Å²) in [5.41, 5.74) is 3.21. The predicted octanol–water partition coefficient (Wildman–Crippen LogP) is 4.32. The van der Waals surface area contributed by atoms with Crippen LogP contribution in [0.3, 0.4) is 0 Å². The van der Waals surface area contributed by atoms with Crippen molar-refractivity contribution in [2.75, 3.05) is 0 Å². The molecule has 1 N–H and O–H groups in total. The fraction of sp³-hybridized carbons (Fsp3) is 0.571. The first-order valence-corrected chi connectivity index (χ1v) is 7.10. The lowest BCUT2D eigenvalue weighted by molar-refractivity contribution is 0.277. The summed E-state index contributed by atoms with van der Waals surface area (Å²) in [6.07, 6.45) is 3.46. The van der Waals surface area contributed by atoms with Gasteiger partial charge in [0.05, 0.1) is 4.90 Å². The Labute approximate surface area is 107 Å². The van der Waals surface area contributed by atoms with E-state index in [1.54, 1.807) is 11.8 Å². The molecular formula is C14H20O2S. The number of benzene rings is 1. The van der Waals surface area contributed by atoms with Crippen molar-refractivity contribution < 1.29 is 9.84 Å². The summed E-state index contributed by atoms with van der Waals surface area (Å²) in [6, 6.07) is 0. The van der Waals surface area contributed by atoms with Crippen LogP contribution in [-0.4, -0.2) is 10.5 Å². The Morgan fingerprint density at radius 1 is 1.18 bits per heavy atom. The van der Waals surface area contributed by atoms with Gasteiger partial charge in [-0.05, 0) is 44.7 Å². The van der Waals surface area contributed by atoms with Crippen LogP contribution in [0.1, 0.15) is 42.9 Å². The molecule has 0 saturated heterocycles. The molecule has 1 aliphatic heterocycles. The maximum atomic E-state index is 10.0. The van der Waals surface area contributed by atoms with Crippen molar-refractivity contribution in [3.05, 3.63) is 16.7 Å². The Balaban J connectivity index is 2.32. The summed E-state index contributed by atoms with van der Waals surface area (Å²) in [6.45, 7) is 8.14. The van der Waals surface area contributed by atoms with Crippen LogP contribution in [0.15, 0.2) is 4.90 Å². The third-order valence-electron chi connectivity index (χ3n) is 3.45. The topological polar surface area (TPSA) is 29.5 Å². The fourth-order valence-electron chi connectivity index (χ4n) is 2.14. The van der Waals surface area contributed by atoms with Gasteiger partial charge >= 0.3 is 0 Å². The van der Waals surface area contributed by atoms with E-state index in [2.05, 4.69) is 6.92 Å². The van der Waals surface area contributed by atoms with Gasteiger partial charge in [0.1, 0.15) is 16.9 Å². The summed E-state index contributed by atoms with van der Waals surface area (Å²) in [7, 11) is 0. The van der Waals surface area contributed by atoms with Gasteiger partial charge in [-0.3, -0.25) is 0 Å². The first-order chi connectivity index (χ1) is 8.06. The van der Waals surface area contributed by atoms with Crippen LogP contribution in [-0.2, 0) is 0 Å². The SMILES string of the molecule is CCCCC1Oc2c(C)c(C)c(O)c(C)c2S1. The fourth-order valence-corrected chi connectivity index (χ4v) is 3.41. The smallest absolute Gasteiger partial charge is 0.149 e. The van der Waals surface area contributed by atoms with Crippen molar-refractivity contribution in [2.24, 2.45) is 0 Å². The molecule has 0 saturated carbocycles. The van der Waals surface area contributed by atoms with Crippen LogP contribution in [0.4, 0.5) is 0 Å². The minimum absolute atomic E-state index is 0.226. The number of unbranched alkanes of at least 4 members (excludes halogenated alkanes) is 1. The standard InChI is InChI=1S/C14H20O2S/c1-5-6-7-11-16-13-9(3)8(2)12(15)10(4)14(13)17-11/h11,15H,5-7H2,1-4H3. The average Bonchev–Trinajstić information content (AvgIpc) is 2.75. The highest BCUT2D eigenvalue weighted by atomic mass is 32.2. The van der Waals surface area contributed by atoms with Gasteiger partial charge in [-0.1, -0.05) is 25.1 Å². The number of aromatic hydroxyl groups is 1. The van der Waals surface area contributed by atoms with Gasteiger partial charge in [0.25, 0.3) is 0 Å². The lowest BCUT2D eigenvalue weighted by Crippen LogP contribution is -2.06. The molecule has 1 heterocycles. The van der Waals surface area contributed by atoms with Crippen LogP contribution in [0.25, 0.3) is 0 Å². The van der Waals surface area contributed by atoms with E-state index in [1.165, 1.54) is 12.8 Å². The zero-order valence-corrected chi connectivity index (χ0v) is 11.8. The van der Waals surface area contributed by atoms with Gasteiger partial charge in [0.2, 0.25) is 0 Å². The number of thioether (sulfide) groups is 1. The van der Waals surface area contributed by atoms with Gasteiger partial charge in [0, 0.05) is 5.56 Å². The molecule has 0 radical (unpaired) electrons. The molecule has 17 heavy (non-hydrogen) atoms. The quantitative estimate of drug-likeness (QED) is 0.868. The van der Waals surface area contributed by atoms with Crippen molar-refractivity contribution in [3.8, 4) is 11.5 Å². The molecule has 0 aromatic heterocycles. The van der Waals surface area contributed by atoms with E-state index in [-0.39, 0.29) is 5.44 Å². The Hall–Kier alpha value is -0.830. The van der Waals surface area contributed by atoms with Gasteiger partial charge < -0.3 is 9.84 Å². The van der Waals surface area contributed by atoms with Crippen molar-refractivity contribution in [1.82, 2.24) is 0 Å². The van der Waals surface area contributed by atoms with E-state index in [9.17, 15) is 5.11 Å².